The van der Waals surface area contributed by atoms with Gasteiger partial charge in [0.1, 0.15) is 18.2 Å². The van der Waals surface area contributed by atoms with Gasteiger partial charge in [-0.1, -0.05) is 11.6 Å². The second-order valence-electron chi connectivity index (χ2n) is 4.16. The largest absolute Gasteiger partial charge is 0.491 e. The fourth-order valence-corrected chi connectivity index (χ4v) is 3.08. The average molecular weight is 315 g/mol. The van der Waals surface area contributed by atoms with Gasteiger partial charge < -0.3 is 14.7 Å². The van der Waals surface area contributed by atoms with Crippen molar-refractivity contribution in [3.05, 3.63) is 55.6 Å². The Labute approximate surface area is 121 Å². The molecule has 5 nitrogen and oxygen atoms in total. The van der Waals surface area contributed by atoms with Crippen molar-refractivity contribution in [2.45, 2.75) is 10.1 Å². The molecule has 1 atom stereocenters. The number of aromatic amines is 2. The number of H-pyrrole nitrogens is 2. The number of benzene rings is 1. The van der Waals surface area contributed by atoms with E-state index in [0.717, 1.165) is 0 Å². The fraction of sp³-hybridized carbons (Fsp3) is 0.167. The van der Waals surface area contributed by atoms with E-state index in [1.807, 2.05) is 0 Å². The SMILES string of the molecule is O=c1[nH]cc([C@@H]2COc3cc(Cl)c(F)cc3S2)[nH]c1=O. The molecule has 2 aromatic rings. The molecule has 0 amide bonds. The maximum absolute atomic E-state index is 13.4. The van der Waals surface area contributed by atoms with Gasteiger partial charge >= 0.3 is 11.1 Å². The predicted octanol–water partition coefficient (Wildman–Crippen LogP) is 2.08. The lowest BCUT2D eigenvalue weighted by molar-refractivity contribution is 0.301. The molecule has 104 valence electrons. The predicted molar refractivity (Wildman–Crippen MR) is 73.2 cm³/mol. The van der Waals surface area contributed by atoms with Crippen LogP contribution in [0, 0.1) is 5.82 Å². The van der Waals surface area contributed by atoms with Gasteiger partial charge in [0.05, 0.1) is 20.9 Å². The number of nitrogens with one attached hydrogen (secondary N) is 2. The first kappa shape index (κ1) is 13.3. The Hall–Kier alpha value is -1.73. The summed E-state index contributed by atoms with van der Waals surface area (Å²) in [5, 5.41) is -0.243. The highest BCUT2D eigenvalue weighted by molar-refractivity contribution is 7.99. The topological polar surface area (TPSA) is 75.0 Å². The van der Waals surface area contributed by atoms with E-state index >= 15 is 0 Å². The molecule has 3 rings (SSSR count). The Morgan fingerprint density at radius 1 is 1.35 bits per heavy atom. The summed E-state index contributed by atoms with van der Waals surface area (Å²) in [5.41, 5.74) is -0.925. The van der Waals surface area contributed by atoms with Crippen LogP contribution in [0.1, 0.15) is 10.9 Å². The maximum atomic E-state index is 13.4. The fourth-order valence-electron chi connectivity index (χ4n) is 1.83. The van der Waals surface area contributed by atoms with Crippen LogP contribution < -0.4 is 15.9 Å². The summed E-state index contributed by atoms with van der Waals surface area (Å²) in [6, 6.07) is 2.71. The molecule has 0 fully saturated rings. The first-order chi connectivity index (χ1) is 9.54. The minimum absolute atomic E-state index is 0.000230. The third kappa shape index (κ3) is 2.34. The summed E-state index contributed by atoms with van der Waals surface area (Å²) in [6.07, 6.45) is 1.42. The number of ether oxygens (including phenoxy) is 1. The van der Waals surface area contributed by atoms with E-state index < -0.39 is 16.9 Å². The van der Waals surface area contributed by atoms with Crippen molar-refractivity contribution < 1.29 is 9.13 Å². The van der Waals surface area contributed by atoms with E-state index in [9.17, 15) is 14.0 Å². The van der Waals surface area contributed by atoms with Crippen molar-refractivity contribution in [3.63, 3.8) is 0 Å². The first-order valence-electron chi connectivity index (χ1n) is 5.65. The molecule has 8 heteroatoms. The molecule has 1 aliphatic rings. The third-order valence-corrected chi connectivity index (χ3v) is 4.35. The van der Waals surface area contributed by atoms with Gasteiger partial charge in [0.15, 0.2) is 0 Å². The van der Waals surface area contributed by atoms with Crippen LogP contribution in [-0.2, 0) is 0 Å². The zero-order chi connectivity index (χ0) is 14.3. The van der Waals surface area contributed by atoms with Crippen molar-refractivity contribution in [1.82, 2.24) is 9.97 Å². The number of fused-ring (bicyclic) bond motifs is 1. The molecule has 1 aromatic carbocycles. The van der Waals surface area contributed by atoms with E-state index in [0.29, 0.717) is 16.3 Å². The van der Waals surface area contributed by atoms with Gasteiger partial charge in [-0.15, -0.1) is 11.8 Å². The molecule has 0 saturated carbocycles. The highest BCUT2D eigenvalue weighted by atomic mass is 35.5. The molecule has 0 radical (unpaired) electrons. The minimum Gasteiger partial charge on any atom is -0.491 e. The molecule has 0 bridgehead atoms. The van der Waals surface area contributed by atoms with Crippen LogP contribution in [0.4, 0.5) is 4.39 Å². The molecule has 1 aromatic heterocycles. The number of rotatable bonds is 1. The van der Waals surface area contributed by atoms with Crippen molar-refractivity contribution >= 4 is 23.4 Å². The number of aromatic nitrogens is 2. The summed E-state index contributed by atoms with van der Waals surface area (Å²) >= 11 is 7.02. The molecule has 2 N–H and O–H groups in total. The Morgan fingerprint density at radius 3 is 2.90 bits per heavy atom. The zero-order valence-corrected chi connectivity index (χ0v) is 11.5. The smallest absolute Gasteiger partial charge is 0.313 e. The third-order valence-electron chi connectivity index (χ3n) is 2.82. The Balaban J connectivity index is 1.95. The quantitative estimate of drug-likeness (QED) is 0.790. The molecule has 0 saturated heterocycles. The van der Waals surface area contributed by atoms with E-state index in [1.165, 1.54) is 30.1 Å². The van der Waals surface area contributed by atoms with Gasteiger partial charge in [0.25, 0.3) is 0 Å². The first-order valence-corrected chi connectivity index (χ1v) is 6.91. The Bertz CT molecular complexity index is 789. The van der Waals surface area contributed by atoms with Crippen LogP contribution in [-0.4, -0.2) is 16.6 Å². The number of thioether (sulfide) groups is 1. The van der Waals surface area contributed by atoms with E-state index in [4.69, 9.17) is 16.3 Å². The summed E-state index contributed by atoms with van der Waals surface area (Å²) in [5.74, 6) is -0.0263. The summed E-state index contributed by atoms with van der Waals surface area (Å²) in [6.45, 7) is 0.279. The molecular formula is C12H8ClFN2O3S. The molecule has 0 spiro atoms. The lowest BCUT2D eigenvalue weighted by atomic mass is 10.3. The normalized spacial score (nSPS) is 17.4. The van der Waals surface area contributed by atoms with Crippen LogP contribution in [0.15, 0.2) is 32.8 Å². The molecular weight excluding hydrogens is 307 g/mol. The van der Waals surface area contributed by atoms with Crippen LogP contribution in [0.25, 0.3) is 0 Å². The van der Waals surface area contributed by atoms with Gasteiger partial charge in [-0.2, -0.15) is 0 Å². The molecule has 0 unspecified atom stereocenters. The van der Waals surface area contributed by atoms with E-state index in [1.54, 1.807) is 0 Å². The number of hydrogen-bond donors (Lipinski definition) is 2. The Morgan fingerprint density at radius 2 is 2.15 bits per heavy atom. The van der Waals surface area contributed by atoms with Crippen molar-refractivity contribution in [2.24, 2.45) is 0 Å². The number of hydrogen-bond acceptors (Lipinski definition) is 4. The second kappa shape index (κ2) is 4.99. The second-order valence-corrected chi connectivity index (χ2v) is 5.81. The molecule has 2 heterocycles. The highest BCUT2D eigenvalue weighted by Gasteiger charge is 2.24. The minimum atomic E-state index is -0.726. The van der Waals surface area contributed by atoms with Gasteiger partial charge in [-0.05, 0) is 6.07 Å². The monoisotopic (exact) mass is 314 g/mol. The lowest BCUT2D eigenvalue weighted by Gasteiger charge is -2.24. The van der Waals surface area contributed by atoms with Crippen molar-refractivity contribution in [3.8, 4) is 5.75 Å². The Kier molecular flexibility index (Phi) is 3.31. The van der Waals surface area contributed by atoms with Crippen LogP contribution in [0.3, 0.4) is 0 Å². The standard InChI is InChI=1S/C12H8ClFN2O3S/c13-5-1-8-9(2-6(5)14)20-10(4-19-8)7-3-15-11(17)12(18)16-7/h1-3,10H,4H2,(H,15,17)(H,16,18)/t10-/m0/s1. The lowest BCUT2D eigenvalue weighted by Crippen LogP contribution is -2.31. The molecule has 20 heavy (non-hydrogen) atoms. The van der Waals surface area contributed by atoms with Crippen molar-refractivity contribution in [1.29, 1.82) is 0 Å². The summed E-state index contributed by atoms with van der Waals surface area (Å²) in [7, 11) is 0. The van der Waals surface area contributed by atoms with E-state index in [-0.39, 0.29) is 16.9 Å². The van der Waals surface area contributed by atoms with Crippen LogP contribution >= 0.6 is 23.4 Å². The maximum Gasteiger partial charge on any atom is 0.313 e. The van der Waals surface area contributed by atoms with Gasteiger partial charge in [-0.3, -0.25) is 9.59 Å². The van der Waals surface area contributed by atoms with Crippen molar-refractivity contribution in [2.75, 3.05) is 6.61 Å². The summed E-state index contributed by atoms with van der Waals surface area (Å²) in [4.78, 5) is 27.8. The van der Waals surface area contributed by atoms with Gasteiger partial charge in [0.2, 0.25) is 0 Å². The number of halogens is 2. The van der Waals surface area contributed by atoms with E-state index in [2.05, 4.69) is 9.97 Å². The van der Waals surface area contributed by atoms with Crippen LogP contribution in [0.2, 0.25) is 5.02 Å². The van der Waals surface area contributed by atoms with Gasteiger partial charge in [0, 0.05) is 12.3 Å². The highest BCUT2D eigenvalue weighted by Crippen LogP contribution is 2.45. The average Bonchev–Trinajstić information content (AvgIpc) is 2.43. The van der Waals surface area contributed by atoms with Gasteiger partial charge in [-0.25, -0.2) is 4.39 Å². The molecule has 1 aliphatic heterocycles. The summed E-state index contributed by atoms with van der Waals surface area (Å²) < 4.78 is 19.0. The van der Waals surface area contributed by atoms with Crippen LogP contribution in [0.5, 0.6) is 5.75 Å². The zero-order valence-electron chi connectivity index (χ0n) is 9.91. The molecule has 0 aliphatic carbocycles.